The lowest BCUT2D eigenvalue weighted by molar-refractivity contribution is -0.122. The molecule has 1 N–H and O–H groups in total. The molecule has 2 fully saturated rings. The minimum absolute atomic E-state index is 0.0877. The molecule has 0 unspecified atom stereocenters. The van der Waals surface area contributed by atoms with E-state index in [9.17, 15) is 13.2 Å². The van der Waals surface area contributed by atoms with Crippen molar-refractivity contribution in [3.63, 3.8) is 0 Å². The maximum absolute atomic E-state index is 13.3. The van der Waals surface area contributed by atoms with Gasteiger partial charge in [0.25, 0.3) is 0 Å². The van der Waals surface area contributed by atoms with E-state index in [1.54, 1.807) is 18.2 Å². The number of nitrogens with one attached hydrogen (secondary N) is 1. The summed E-state index contributed by atoms with van der Waals surface area (Å²) < 4.78 is 23.7. The second-order valence-corrected chi connectivity index (χ2v) is 11.2. The van der Waals surface area contributed by atoms with E-state index in [1.165, 1.54) is 0 Å². The van der Waals surface area contributed by atoms with Gasteiger partial charge in [0.2, 0.25) is 5.91 Å². The zero-order valence-electron chi connectivity index (χ0n) is 17.0. The molecule has 2 aromatic carbocycles. The van der Waals surface area contributed by atoms with Crippen LogP contribution in [0, 0.1) is 0 Å². The maximum atomic E-state index is 13.3. The molecule has 0 saturated carbocycles. The average molecular weight is 482 g/mol. The van der Waals surface area contributed by atoms with Crippen LogP contribution in [-0.2, 0) is 14.6 Å². The van der Waals surface area contributed by atoms with Gasteiger partial charge in [0.1, 0.15) is 6.04 Å². The third-order valence-corrected chi connectivity index (χ3v) is 8.12. The molecule has 0 bridgehead atoms. The number of benzene rings is 2. The van der Waals surface area contributed by atoms with E-state index in [-0.39, 0.29) is 23.5 Å². The Morgan fingerprint density at radius 3 is 2.23 bits per heavy atom. The number of rotatable bonds is 5. The van der Waals surface area contributed by atoms with Gasteiger partial charge in [0, 0.05) is 48.0 Å². The molecule has 2 heterocycles. The van der Waals surface area contributed by atoms with Crippen LogP contribution >= 0.6 is 23.2 Å². The highest BCUT2D eigenvalue weighted by molar-refractivity contribution is 7.91. The summed E-state index contributed by atoms with van der Waals surface area (Å²) in [6.45, 7) is 2.83. The van der Waals surface area contributed by atoms with Crippen molar-refractivity contribution in [1.82, 2.24) is 9.80 Å². The fourth-order valence-corrected chi connectivity index (χ4v) is 6.71. The van der Waals surface area contributed by atoms with Gasteiger partial charge in [0.05, 0.1) is 11.5 Å². The third-order valence-electron chi connectivity index (χ3n) is 5.93. The molecular formula is C22H25Cl2N3O3S. The van der Waals surface area contributed by atoms with E-state index < -0.39 is 15.9 Å². The molecule has 0 aliphatic carbocycles. The lowest BCUT2D eigenvalue weighted by atomic mass is 10.0. The van der Waals surface area contributed by atoms with E-state index in [2.05, 4.69) is 15.1 Å². The van der Waals surface area contributed by atoms with Crippen molar-refractivity contribution in [2.45, 2.75) is 18.5 Å². The fraction of sp³-hybridized carbons (Fsp3) is 0.409. The van der Waals surface area contributed by atoms with Crippen LogP contribution in [0.1, 0.15) is 18.0 Å². The summed E-state index contributed by atoms with van der Waals surface area (Å²) in [6.07, 6.45) is 0.695. The van der Waals surface area contributed by atoms with Crippen LogP contribution in [-0.4, -0.2) is 67.9 Å². The number of halogens is 2. The van der Waals surface area contributed by atoms with E-state index >= 15 is 0 Å². The zero-order chi connectivity index (χ0) is 22.0. The standard InChI is InChI=1S/C22H25Cl2N3O3S/c23-17-12-18(24)14-19(13-17)25-22(28)21(16-4-2-1-3-5-16)27-9-7-26(8-10-27)20-6-11-31(29,30)15-20/h1-5,12-14,20-21H,6-11,15H2,(H,25,28)/t20-,21-/m1/s1. The first-order valence-electron chi connectivity index (χ1n) is 10.3. The Labute approximate surface area is 193 Å². The quantitative estimate of drug-likeness (QED) is 0.707. The molecule has 2 saturated heterocycles. The van der Waals surface area contributed by atoms with Crippen molar-refractivity contribution < 1.29 is 13.2 Å². The number of carbonyl (C=O) groups excluding carboxylic acids is 1. The zero-order valence-corrected chi connectivity index (χ0v) is 19.3. The minimum atomic E-state index is -2.91. The highest BCUT2D eigenvalue weighted by Gasteiger charge is 2.36. The Morgan fingerprint density at radius 2 is 1.65 bits per heavy atom. The summed E-state index contributed by atoms with van der Waals surface area (Å²) in [5.74, 6) is 0.363. The Morgan fingerprint density at radius 1 is 1.00 bits per heavy atom. The predicted molar refractivity (Wildman–Crippen MR) is 124 cm³/mol. The number of anilines is 1. The predicted octanol–water partition coefficient (Wildman–Crippen LogP) is 3.48. The topological polar surface area (TPSA) is 69.7 Å². The van der Waals surface area contributed by atoms with Crippen LogP contribution in [0.5, 0.6) is 0 Å². The fourth-order valence-electron chi connectivity index (χ4n) is 4.42. The molecule has 0 aromatic heterocycles. The van der Waals surface area contributed by atoms with Crippen molar-refractivity contribution in [1.29, 1.82) is 0 Å². The van der Waals surface area contributed by atoms with Gasteiger partial charge in [0.15, 0.2) is 9.84 Å². The Balaban J connectivity index is 1.49. The van der Waals surface area contributed by atoms with Crippen molar-refractivity contribution in [2.24, 2.45) is 0 Å². The molecule has 2 aliphatic rings. The van der Waals surface area contributed by atoms with Crippen LogP contribution in [0.3, 0.4) is 0 Å². The number of hydrogen-bond acceptors (Lipinski definition) is 5. The van der Waals surface area contributed by atoms with Crippen molar-refractivity contribution in [3.8, 4) is 0 Å². The number of amides is 1. The average Bonchev–Trinajstić information content (AvgIpc) is 3.08. The Bertz CT molecular complexity index is 1020. The van der Waals surface area contributed by atoms with Crippen molar-refractivity contribution in [2.75, 3.05) is 43.0 Å². The largest absolute Gasteiger partial charge is 0.324 e. The summed E-state index contributed by atoms with van der Waals surface area (Å²) in [6, 6.07) is 14.3. The molecule has 0 radical (unpaired) electrons. The summed E-state index contributed by atoms with van der Waals surface area (Å²) in [5.41, 5.74) is 1.46. The summed E-state index contributed by atoms with van der Waals surface area (Å²) in [5, 5.41) is 3.87. The van der Waals surface area contributed by atoms with Crippen LogP contribution in [0.25, 0.3) is 0 Å². The lowest BCUT2D eigenvalue weighted by Crippen LogP contribution is -2.53. The van der Waals surface area contributed by atoms with E-state index in [1.807, 2.05) is 30.3 Å². The van der Waals surface area contributed by atoms with Gasteiger partial charge in [-0.25, -0.2) is 8.42 Å². The summed E-state index contributed by atoms with van der Waals surface area (Å²) >= 11 is 12.2. The van der Waals surface area contributed by atoms with Crippen LogP contribution < -0.4 is 5.32 Å². The number of carbonyl (C=O) groups is 1. The molecule has 31 heavy (non-hydrogen) atoms. The molecule has 2 aromatic rings. The van der Waals surface area contributed by atoms with Gasteiger partial charge in [-0.3, -0.25) is 14.6 Å². The van der Waals surface area contributed by atoms with Crippen LogP contribution in [0.4, 0.5) is 5.69 Å². The molecule has 6 nitrogen and oxygen atoms in total. The van der Waals surface area contributed by atoms with Crippen LogP contribution in [0.15, 0.2) is 48.5 Å². The van der Waals surface area contributed by atoms with Crippen molar-refractivity contribution >= 4 is 44.6 Å². The van der Waals surface area contributed by atoms with Gasteiger partial charge < -0.3 is 5.32 Å². The maximum Gasteiger partial charge on any atom is 0.246 e. The number of hydrogen-bond donors (Lipinski definition) is 1. The third kappa shape index (κ3) is 5.59. The van der Waals surface area contributed by atoms with Gasteiger partial charge in [-0.05, 0) is 30.2 Å². The number of sulfone groups is 1. The van der Waals surface area contributed by atoms with E-state index in [4.69, 9.17) is 23.2 Å². The second kappa shape index (κ2) is 9.46. The molecule has 9 heteroatoms. The summed E-state index contributed by atoms with van der Waals surface area (Å²) in [7, 11) is -2.91. The first-order chi connectivity index (χ1) is 14.8. The van der Waals surface area contributed by atoms with E-state index in [0.717, 1.165) is 18.7 Å². The normalized spacial score (nSPS) is 22.8. The Hall–Kier alpha value is -1.64. The van der Waals surface area contributed by atoms with E-state index in [0.29, 0.717) is 35.2 Å². The van der Waals surface area contributed by atoms with Crippen molar-refractivity contribution in [3.05, 3.63) is 64.1 Å². The highest BCUT2D eigenvalue weighted by Crippen LogP contribution is 2.28. The highest BCUT2D eigenvalue weighted by atomic mass is 35.5. The van der Waals surface area contributed by atoms with Crippen LogP contribution in [0.2, 0.25) is 10.0 Å². The van der Waals surface area contributed by atoms with Gasteiger partial charge in [-0.15, -0.1) is 0 Å². The molecule has 0 spiro atoms. The smallest absolute Gasteiger partial charge is 0.246 e. The van der Waals surface area contributed by atoms with Gasteiger partial charge in [-0.2, -0.15) is 0 Å². The molecule has 2 aliphatic heterocycles. The van der Waals surface area contributed by atoms with Gasteiger partial charge in [-0.1, -0.05) is 53.5 Å². The number of nitrogens with zero attached hydrogens (tertiary/aromatic N) is 2. The first kappa shape index (κ1) is 22.6. The molecule has 2 atom stereocenters. The Kier molecular flexibility index (Phi) is 6.89. The first-order valence-corrected chi connectivity index (χ1v) is 12.9. The molecular weight excluding hydrogens is 457 g/mol. The minimum Gasteiger partial charge on any atom is -0.324 e. The molecule has 4 rings (SSSR count). The number of piperazine rings is 1. The van der Waals surface area contributed by atoms with Gasteiger partial charge >= 0.3 is 0 Å². The molecule has 1 amide bonds. The summed E-state index contributed by atoms with van der Waals surface area (Å²) in [4.78, 5) is 17.7. The molecule has 166 valence electrons. The lowest BCUT2D eigenvalue weighted by Gasteiger charge is -2.40. The SMILES string of the molecule is O=C(Nc1cc(Cl)cc(Cl)c1)[C@@H](c1ccccc1)N1CCN([C@@H]2CCS(=O)(=O)C2)CC1. The second-order valence-electron chi connectivity index (χ2n) is 8.09. The monoisotopic (exact) mass is 481 g/mol.